The van der Waals surface area contributed by atoms with Crippen molar-refractivity contribution in [3.8, 4) is 11.4 Å². The minimum absolute atomic E-state index is 0.250. The summed E-state index contributed by atoms with van der Waals surface area (Å²) in [5.74, 6) is 0.409. The number of aryl methyl sites for hydroxylation is 1. The first kappa shape index (κ1) is 27.2. The van der Waals surface area contributed by atoms with Crippen LogP contribution in [-0.4, -0.2) is 36.4 Å². The number of ether oxygens (including phenoxy) is 1. The fourth-order valence-electron chi connectivity index (χ4n) is 5.17. The van der Waals surface area contributed by atoms with E-state index in [1.165, 1.54) is 7.11 Å². The van der Waals surface area contributed by atoms with Crippen LogP contribution in [0.3, 0.4) is 0 Å². The fraction of sp³-hybridized carbons (Fsp3) is 0.214. The van der Waals surface area contributed by atoms with Crippen LogP contribution >= 0.6 is 28.1 Å². The van der Waals surface area contributed by atoms with Gasteiger partial charge >= 0.3 is 0 Å². The molecule has 3 heterocycles. The van der Waals surface area contributed by atoms with Crippen LogP contribution in [0.25, 0.3) is 5.69 Å². The lowest BCUT2D eigenvalue weighted by molar-refractivity contribution is 0.417. The second kappa shape index (κ2) is 10.6. The number of halogens is 1. The number of nitrogens with one attached hydrogen (secondary N) is 2. The lowest BCUT2D eigenvalue weighted by Gasteiger charge is -2.29. The number of hydrogen-bond acceptors (Lipinski definition) is 5. The molecule has 0 spiro atoms. The number of aromatic nitrogens is 2. The van der Waals surface area contributed by atoms with E-state index in [1.54, 1.807) is 18.3 Å². The quantitative estimate of drug-likeness (QED) is 0.251. The first-order valence-corrected chi connectivity index (χ1v) is 15.3. The van der Waals surface area contributed by atoms with E-state index in [1.807, 2.05) is 47.4 Å². The summed E-state index contributed by atoms with van der Waals surface area (Å²) >= 11 is 9.59. The molecule has 2 aromatic heterocycles. The number of methoxy groups -OCH3 is 1. The van der Waals surface area contributed by atoms with Gasteiger partial charge in [0, 0.05) is 27.7 Å². The third-order valence-electron chi connectivity index (χ3n) is 6.74. The van der Waals surface area contributed by atoms with Crippen LogP contribution in [0.2, 0.25) is 0 Å². The zero-order valence-corrected chi connectivity index (χ0v) is 25.1. The SMILES string of the molecule is COc1ccc(N2C(=S)N[C@H](c3ccccn3)[C@H]2c2cc(C)n(-c3ccccc3Br)c2C)cc1NS(C)(=O)=O. The minimum Gasteiger partial charge on any atom is -0.495 e. The summed E-state index contributed by atoms with van der Waals surface area (Å²) in [6.45, 7) is 4.18. The van der Waals surface area contributed by atoms with Crippen LogP contribution in [-0.2, 0) is 10.0 Å². The zero-order chi connectivity index (χ0) is 27.9. The fourth-order valence-corrected chi connectivity index (χ4v) is 6.53. The number of thiocarbonyl (C=S) groups is 1. The van der Waals surface area contributed by atoms with Crippen molar-refractivity contribution >= 4 is 54.7 Å². The highest BCUT2D eigenvalue weighted by atomic mass is 79.9. The summed E-state index contributed by atoms with van der Waals surface area (Å²) in [4.78, 5) is 6.67. The number of sulfonamides is 1. The van der Waals surface area contributed by atoms with Crippen molar-refractivity contribution in [3.05, 3.63) is 100 Å². The van der Waals surface area contributed by atoms with Crippen LogP contribution < -0.4 is 19.7 Å². The van der Waals surface area contributed by atoms with E-state index in [9.17, 15) is 8.42 Å². The summed E-state index contributed by atoms with van der Waals surface area (Å²) in [6, 6.07) is 20.9. The van der Waals surface area contributed by atoms with E-state index < -0.39 is 10.0 Å². The molecular weight excluding hydrogens is 598 g/mol. The van der Waals surface area contributed by atoms with Gasteiger partial charge in [-0.25, -0.2) is 8.42 Å². The summed E-state index contributed by atoms with van der Waals surface area (Å²) < 4.78 is 35.4. The highest BCUT2D eigenvalue weighted by molar-refractivity contribution is 9.10. The molecule has 0 amide bonds. The highest BCUT2D eigenvalue weighted by Gasteiger charge is 2.42. The zero-order valence-electron chi connectivity index (χ0n) is 21.8. The standard InChI is InChI=1S/C28H28BrN5O3S2/c1-17-15-20(18(2)33(17)24-11-6-5-9-21(24)29)27-26(22-10-7-8-14-30-22)31-28(38)34(27)19-12-13-25(37-3)23(16-19)32-39(4,35)36/h5-16,26-27,32H,1-4H3,(H,31,38)/t26-,27-/m1/s1. The molecule has 0 radical (unpaired) electrons. The van der Waals surface area contributed by atoms with Gasteiger partial charge in [0.2, 0.25) is 10.0 Å². The van der Waals surface area contributed by atoms with Crippen molar-refractivity contribution in [2.24, 2.45) is 0 Å². The molecular formula is C28H28BrN5O3S2. The highest BCUT2D eigenvalue weighted by Crippen LogP contribution is 2.45. The average Bonchev–Trinajstić information content (AvgIpc) is 3.39. The molecule has 2 N–H and O–H groups in total. The minimum atomic E-state index is -3.54. The van der Waals surface area contributed by atoms with Crippen LogP contribution in [0.5, 0.6) is 5.75 Å². The Morgan fingerprint density at radius 2 is 1.82 bits per heavy atom. The van der Waals surface area contributed by atoms with E-state index in [0.717, 1.165) is 39.1 Å². The van der Waals surface area contributed by atoms with Crippen LogP contribution in [0.1, 0.15) is 34.7 Å². The second-order valence-corrected chi connectivity index (χ2v) is 12.4. The maximum Gasteiger partial charge on any atom is 0.229 e. The molecule has 8 nitrogen and oxygen atoms in total. The molecule has 0 bridgehead atoms. The number of anilines is 2. The van der Waals surface area contributed by atoms with Gasteiger partial charge in [-0.3, -0.25) is 9.71 Å². The molecule has 2 atom stereocenters. The smallest absolute Gasteiger partial charge is 0.229 e. The second-order valence-electron chi connectivity index (χ2n) is 9.37. The Kier molecular flexibility index (Phi) is 7.41. The average molecular weight is 627 g/mol. The topological polar surface area (TPSA) is 88.5 Å². The molecule has 1 aliphatic rings. The lowest BCUT2D eigenvalue weighted by atomic mass is 9.96. The maximum atomic E-state index is 12.1. The monoisotopic (exact) mass is 625 g/mol. The first-order chi connectivity index (χ1) is 18.6. The van der Waals surface area contributed by atoms with E-state index in [4.69, 9.17) is 17.0 Å². The van der Waals surface area contributed by atoms with Crippen molar-refractivity contribution in [1.29, 1.82) is 0 Å². The molecule has 4 aromatic rings. The van der Waals surface area contributed by atoms with Crippen molar-refractivity contribution in [1.82, 2.24) is 14.9 Å². The Labute approximate surface area is 242 Å². The van der Waals surface area contributed by atoms with Gasteiger partial charge in [-0.1, -0.05) is 18.2 Å². The number of benzene rings is 2. The van der Waals surface area contributed by atoms with Gasteiger partial charge in [-0.15, -0.1) is 0 Å². The molecule has 11 heteroatoms. The summed E-state index contributed by atoms with van der Waals surface area (Å²) in [5, 5.41) is 3.99. The van der Waals surface area contributed by atoms with E-state index in [-0.39, 0.29) is 12.1 Å². The maximum absolute atomic E-state index is 12.1. The van der Waals surface area contributed by atoms with Crippen molar-refractivity contribution < 1.29 is 13.2 Å². The Morgan fingerprint density at radius 1 is 1.08 bits per heavy atom. The molecule has 0 saturated carbocycles. The van der Waals surface area contributed by atoms with Gasteiger partial charge < -0.3 is 19.5 Å². The number of rotatable bonds is 7. The van der Waals surface area contributed by atoms with Gasteiger partial charge in [0.05, 0.1) is 42.5 Å². The van der Waals surface area contributed by atoms with E-state index in [2.05, 4.69) is 61.5 Å². The third kappa shape index (κ3) is 5.26. The number of hydrogen-bond donors (Lipinski definition) is 2. The lowest BCUT2D eigenvalue weighted by Crippen LogP contribution is -2.29. The van der Waals surface area contributed by atoms with E-state index >= 15 is 0 Å². The van der Waals surface area contributed by atoms with Gasteiger partial charge in [0.15, 0.2) is 5.11 Å². The van der Waals surface area contributed by atoms with Gasteiger partial charge in [0.1, 0.15) is 5.75 Å². The largest absolute Gasteiger partial charge is 0.495 e. The Morgan fingerprint density at radius 3 is 2.49 bits per heavy atom. The van der Waals surface area contributed by atoms with Gasteiger partial charge in [0.25, 0.3) is 0 Å². The molecule has 1 saturated heterocycles. The normalized spacial score (nSPS) is 17.3. The molecule has 202 valence electrons. The van der Waals surface area contributed by atoms with Crippen molar-refractivity contribution in [3.63, 3.8) is 0 Å². The first-order valence-electron chi connectivity index (χ1n) is 12.2. The Hall–Kier alpha value is -3.41. The number of pyridine rings is 1. The molecule has 1 fully saturated rings. The van der Waals surface area contributed by atoms with Gasteiger partial charge in [-0.2, -0.15) is 0 Å². The summed E-state index contributed by atoms with van der Waals surface area (Å²) in [7, 11) is -2.04. The molecule has 2 aromatic carbocycles. The molecule has 5 rings (SSSR count). The molecule has 39 heavy (non-hydrogen) atoms. The van der Waals surface area contributed by atoms with Crippen LogP contribution in [0.15, 0.2) is 77.4 Å². The predicted octanol–water partition coefficient (Wildman–Crippen LogP) is 5.81. The summed E-state index contributed by atoms with van der Waals surface area (Å²) in [6.07, 6.45) is 2.88. The predicted molar refractivity (Wildman–Crippen MR) is 162 cm³/mol. The van der Waals surface area contributed by atoms with Crippen LogP contribution in [0, 0.1) is 13.8 Å². The molecule has 0 unspecified atom stereocenters. The van der Waals surface area contributed by atoms with Crippen molar-refractivity contribution in [2.75, 3.05) is 23.0 Å². The summed E-state index contributed by atoms with van der Waals surface area (Å²) in [5.41, 5.74) is 6.14. The Bertz CT molecular complexity index is 1660. The molecule has 0 aliphatic carbocycles. The number of nitrogens with zero attached hydrogens (tertiary/aromatic N) is 3. The van der Waals surface area contributed by atoms with E-state index in [0.29, 0.717) is 22.2 Å². The number of para-hydroxylation sites is 1. The van der Waals surface area contributed by atoms with Crippen LogP contribution in [0.4, 0.5) is 11.4 Å². The van der Waals surface area contributed by atoms with Crippen molar-refractivity contribution in [2.45, 2.75) is 25.9 Å². The molecule has 1 aliphatic heterocycles. The third-order valence-corrected chi connectivity index (χ3v) is 8.31. The Balaban J connectivity index is 1.69. The van der Waals surface area contributed by atoms with Gasteiger partial charge in [-0.05, 0) is 96.1 Å².